The third kappa shape index (κ3) is 7.07. The number of para-hydroxylation sites is 1. The molecule has 0 radical (unpaired) electrons. The van der Waals surface area contributed by atoms with Gasteiger partial charge in [0, 0.05) is 12.7 Å². The minimum atomic E-state index is -0.463. The zero-order valence-electron chi connectivity index (χ0n) is 16.7. The monoisotopic (exact) mass is 464 g/mol. The second-order valence-electron chi connectivity index (χ2n) is 6.47. The van der Waals surface area contributed by atoms with Gasteiger partial charge in [-0.15, -0.1) is 0 Å². The van der Waals surface area contributed by atoms with E-state index in [2.05, 4.69) is 40.6 Å². The molecule has 2 amide bonds. The van der Waals surface area contributed by atoms with Crippen molar-refractivity contribution in [3.8, 4) is 11.5 Å². The van der Waals surface area contributed by atoms with E-state index in [1.165, 1.54) is 0 Å². The molecule has 29 heavy (non-hydrogen) atoms. The van der Waals surface area contributed by atoms with Crippen LogP contribution in [0, 0.1) is 0 Å². The molecule has 0 atom stereocenters. The van der Waals surface area contributed by atoms with E-state index in [0.717, 1.165) is 5.56 Å². The molecule has 0 saturated carbocycles. The number of carbonyl (C=O) groups excluding carboxylic acids is 2. The van der Waals surface area contributed by atoms with Gasteiger partial charge in [-0.1, -0.05) is 32.0 Å². The lowest BCUT2D eigenvalue weighted by Gasteiger charge is -2.14. The lowest BCUT2D eigenvalue weighted by molar-refractivity contribution is -0.123. The van der Waals surface area contributed by atoms with Crippen molar-refractivity contribution in [1.29, 1.82) is 0 Å². The number of carbonyl (C=O) groups is 2. The Morgan fingerprint density at radius 1 is 1.00 bits per heavy atom. The summed E-state index contributed by atoms with van der Waals surface area (Å²) in [4.78, 5) is 24.3. The first-order valence-electron chi connectivity index (χ1n) is 9.14. The van der Waals surface area contributed by atoms with Gasteiger partial charge in [0.05, 0.1) is 11.1 Å². The third-order valence-electron chi connectivity index (χ3n) is 3.95. The van der Waals surface area contributed by atoms with E-state index in [0.29, 0.717) is 34.7 Å². The molecule has 0 aliphatic carbocycles. The summed E-state index contributed by atoms with van der Waals surface area (Å²) in [6, 6.07) is 12.4. The lowest BCUT2D eigenvalue weighted by atomic mass is 10.0. The Morgan fingerprint density at radius 3 is 2.45 bits per heavy atom. The maximum atomic E-state index is 12.2. The van der Waals surface area contributed by atoms with E-state index < -0.39 is 11.8 Å². The second-order valence-corrected chi connectivity index (χ2v) is 7.32. The van der Waals surface area contributed by atoms with E-state index >= 15 is 0 Å². The van der Waals surface area contributed by atoms with Crippen LogP contribution in [0.3, 0.4) is 0 Å². The van der Waals surface area contributed by atoms with Crippen LogP contribution >= 0.6 is 15.9 Å². The van der Waals surface area contributed by atoms with Crippen LogP contribution in [-0.4, -0.2) is 38.7 Å². The number of hydrogen-bond donors (Lipinski definition) is 2. The summed E-state index contributed by atoms with van der Waals surface area (Å²) >= 11 is 3.36. The summed E-state index contributed by atoms with van der Waals surface area (Å²) in [7, 11) is 1.59. The van der Waals surface area contributed by atoms with Crippen molar-refractivity contribution in [1.82, 2.24) is 10.9 Å². The van der Waals surface area contributed by atoms with Gasteiger partial charge in [-0.3, -0.25) is 20.4 Å². The third-order valence-corrected chi connectivity index (χ3v) is 4.57. The summed E-state index contributed by atoms with van der Waals surface area (Å²) in [5.41, 5.74) is 6.10. The van der Waals surface area contributed by atoms with Crippen molar-refractivity contribution in [3.63, 3.8) is 0 Å². The quantitative estimate of drug-likeness (QED) is 0.438. The molecule has 7 nitrogen and oxygen atoms in total. The molecule has 0 fully saturated rings. The van der Waals surface area contributed by atoms with Crippen molar-refractivity contribution >= 4 is 27.7 Å². The molecule has 0 spiro atoms. The number of methoxy groups -OCH3 is 1. The van der Waals surface area contributed by atoms with Gasteiger partial charge in [-0.05, 0) is 51.7 Å². The zero-order valence-corrected chi connectivity index (χ0v) is 18.2. The molecule has 8 heteroatoms. The molecule has 0 aliphatic heterocycles. The van der Waals surface area contributed by atoms with Gasteiger partial charge >= 0.3 is 0 Å². The first kappa shape index (κ1) is 22.7. The Bertz CT molecular complexity index is 842. The van der Waals surface area contributed by atoms with Gasteiger partial charge in [0.15, 0.2) is 6.61 Å². The molecule has 0 saturated heterocycles. The number of hydrazine groups is 1. The van der Waals surface area contributed by atoms with Crippen molar-refractivity contribution in [2.45, 2.75) is 19.8 Å². The van der Waals surface area contributed by atoms with Gasteiger partial charge < -0.3 is 14.2 Å². The highest BCUT2D eigenvalue weighted by molar-refractivity contribution is 9.10. The van der Waals surface area contributed by atoms with E-state index in [4.69, 9.17) is 14.2 Å². The molecule has 0 unspecified atom stereocenters. The number of ether oxygens (including phenoxy) is 3. The van der Waals surface area contributed by atoms with E-state index in [-0.39, 0.29) is 12.5 Å². The Labute approximate surface area is 178 Å². The largest absolute Gasteiger partial charge is 0.490 e. The van der Waals surface area contributed by atoms with E-state index in [1.807, 2.05) is 24.3 Å². The predicted molar refractivity (Wildman–Crippen MR) is 113 cm³/mol. The molecule has 0 aliphatic rings. The number of benzene rings is 2. The highest BCUT2D eigenvalue weighted by Gasteiger charge is 2.12. The Hall–Kier alpha value is -2.58. The molecule has 0 bridgehead atoms. The number of hydrogen-bond acceptors (Lipinski definition) is 5. The molecule has 2 N–H and O–H groups in total. The molecule has 2 aromatic rings. The number of nitrogens with one attached hydrogen (secondary N) is 2. The van der Waals surface area contributed by atoms with Crippen LogP contribution < -0.4 is 20.3 Å². The highest BCUT2D eigenvalue weighted by Crippen LogP contribution is 2.26. The van der Waals surface area contributed by atoms with Gasteiger partial charge in [0.1, 0.15) is 18.1 Å². The lowest BCUT2D eigenvalue weighted by Crippen LogP contribution is -2.43. The Balaban J connectivity index is 1.84. The van der Waals surface area contributed by atoms with Crippen LogP contribution in [0.2, 0.25) is 0 Å². The standard InChI is InChI=1S/C21H25BrN2O5/c1-14(2)16-6-4-5-7-18(16)29-13-20(25)23-24-21(26)15-8-9-19(17(22)12-15)28-11-10-27-3/h4-9,12,14H,10-11,13H2,1-3H3,(H,23,25)(H,24,26). The van der Waals surface area contributed by atoms with E-state index in [1.54, 1.807) is 25.3 Å². The molecular formula is C21H25BrN2O5. The topological polar surface area (TPSA) is 85.9 Å². The SMILES string of the molecule is COCCOc1ccc(C(=O)NNC(=O)COc2ccccc2C(C)C)cc1Br. The number of rotatable bonds is 9. The summed E-state index contributed by atoms with van der Waals surface area (Å²) in [5, 5.41) is 0. The summed E-state index contributed by atoms with van der Waals surface area (Å²) in [6.45, 7) is 4.75. The van der Waals surface area contributed by atoms with Crippen molar-refractivity contribution in [3.05, 3.63) is 58.1 Å². The molecular weight excluding hydrogens is 440 g/mol. The van der Waals surface area contributed by atoms with Crippen molar-refractivity contribution in [2.75, 3.05) is 26.9 Å². The average Bonchev–Trinajstić information content (AvgIpc) is 2.71. The molecule has 156 valence electrons. The van der Waals surface area contributed by atoms with Crippen LogP contribution in [0.4, 0.5) is 0 Å². The molecule has 0 aromatic heterocycles. The minimum absolute atomic E-state index is 0.208. The highest BCUT2D eigenvalue weighted by atomic mass is 79.9. The van der Waals surface area contributed by atoms with Gasteiger partial charge in [-0.2, -0.15) is 0 Å². The molecule has 2 rings (SSSR count). The fourth-order valence-electron chi connectivity index (χ4n) is 2.46. The first-order valence-corrected chi connectivity index (χ1v) is 9.94. The van der Waals surface area contributed by atoms with Crippen LogP contribution in [0.1, 0.15) is 35.7 Å². The maximum absolute atomic E-state index is 12.2. The summed E-state index contributed by atoms with van der Waals surface area (Å²) < 4.78 is 16.7. The zero-order chi connectivity index (χ0) is 21.2. The molecule has 0 heterocycles. The fourth-order valence-corrected chi connectivity index (χ4v) is 2.95. The normalized spacial score (nSPS) is 10.5. The minimum Gasteiger partial charge on any atom is -0.490 e. The van der Waals surface area contributed by atoms with Crippen LogP contribution in [0.25, 0.3) is 0 Å². The summed E-state index contributed by atoms with van der Waals surface area (Å²) in [6.07, 6.45) is 0. The number of amides is 2. The smallest absolute Gasteiger partial charge is 0.276 e. The van der Waals surface area contributed by atoms with Gasteiger partial charge in [0.2, 0.25) is 0 Å². The van der Waals surface area contributed by atoms with E-state index in [9.17, 15) is 9.59 Å². The number of halogens is 1. The Kier molecular flexibility index (Phi) is 8.95. The van der Waals surface area contributed by atoms with Crippen LogP contribution in [0.15, 0.2) is 46.9 Å². The van der Waals surface area contributed by atoms with Gasteiger partial charge in [0.25, 0.3) is 11.8 Å². The maximum Gasteiger partial charge on any atom is 0.276 e. The Morgan fingerprint density at radius 2 is 1.76 bits per heavy atom. The average molecular weight is 465 g/mol. The van der Waals surface area contributed by atoms with Crippen molar-refractivity contribution in [2.24, 2.45) is 0 Å². The second kappa shape index (κ2) is 11.4. The van der Waals surface area contributed by atoms with Crippen molar-refractivity contribution < 1.29 is 23.8 Å². The fraction of sp³-hybridized carbons (Fsp3) is 0.333. The first-order chi connectivity index (χ1) is 13.9. The van der Waals surface area contributed by atoms with Gasteiger partial charge in [-0.25, -0.2) is 0 Å². The predicted octanol–water partition coefficient (Wildman–Crippen LogP) is 3.44. The van der Waals surface area contributed by atoms with Crippen LogP contribution in [0.5, 0.6) is 11.5 Å². The summed E-state index contributed by atoms with van der Waals surface area (Å²) in [5.74, 6) is 0.603. The van der Waals surface area contributed by atoms with Crippen LogP contribution in [-0.2, 0) is 9.53 Å². The molecule has 2 aromatic carbocycles.